The van der Waals surface area contributed by atoms with Gasteiger partial charge in [-0.1, -0.05) is 56.3 Å². The number of hydrogen-bond donors (Lipinski definition) is 1. The van der Waals surface area contributed by atoms with Crippen molar-refractivity contribution in [3.63, 3.8) is 0 Å². The van der Waals surface area contributed by atoms with Crippen molar-refractivity contribution in [2.75, 3.05) is 0 Å². The Bertz CT molecular complexity index is 567. The van der Waals surface area contributed by atoms with E-state index in [0.717, 1.165) is 12.0 Å². The van der Waals surface area contributed by atoms with Crippen LogP contribution in [0.3, 0.4) is 0 Å². The average Bonchev–Trinajstić information content (AvgIpc) is 2.84. The summed E-state index contributed by atoms with van der Waals surface area (Å²) in [5.41, 5.74) is 1.28. The topological polar surface area (TPSA) is 51.0 Å². The predicted molar refractivity (Wildman–Crippen MR) is 84.7 cm³/mol. The van der Waals surface area contributed by atoms with Crippen molar-refractivity contribution in [1.29, 1.82) is 0 Å². The van der Waals surface area contributed by atoms with Crippen LogP contribution in [0.15, 0.2) is 34.9 Å². The van der Waals surface area contributed by atoms with E-state index in [1.165, 1.54) is 0 Å². The second-order valence-corrected chi connectivity index (χ2v) is 7.35. The van der Waals surface area contributed by atoms with Gasteiger partial charge in [0, 0.05) is 11.1 Å². The van der Waals surface area contributed by atoms with Crippen LogP contribution in [0.5, 0.6) is 0 Å². The van der Waals surface area contributed by atoms with Gasteiger partial charge in [0.05, 0.1) is 6.54 Å². The first-order valence-corrected chi connectivity index (χ1v) is 7.38. The van der Waals surface area contributed by atoms with E-state index in [4.69, 9.17) is 4.52 Å². The molecule has 0 aliphatic heterocycles. The molecule has 2 aromatic rings. The molecule has 0 saturated carbocycles. The van der Waals surface area contributed by atoms with Crippen LogP contribution < -0.4 is 5.32 Å². The lowest BCUT2D eigenvalue weighted by atomic mass is 9.82. The summed E-state index contributed by atoms with van der Waals surface area (Å²) in [5, 5.41) is 7.54. The van der Waals surface area contributed by atoms with E-state index in [0.29, 0.717) is 18.3 Å². The van der Waals surface area contributed by atoms with E-state index >= 15 is 0 Å². The molecule has 0 atom stereocenters. The maximum absolute atomic E-state index is 5.32. The third kappa shape index (κ3) is 4.97. The van der Waals surface area contributed by atoms with Gasteiger partial charge in [0.25, 0.3) is 0 Å². The zero-order valence-corrected chi connectivity index (χ0v) is 13.6. The van der Waals surface area contributed by atoms with Crippen LogP contribution in [0.1, 0.15) is 46.9 Å². The number of benzene rings is 1. The smallest absolute Gasteiger partial charge is 0.240 e. The van der Waals surface area contributed by atoms with Crippen molar-refractivity contribution in [1.82, 2.24) is 15.5 Å². The Morgan fingerprint density at radius 3 is 2.33 bits per heavy atom. The molecular formula is C17H25N3O. The summed E-state index contributed by atoms with van der Waals surface area (Å²) in [6, 6.07) is 9.87. The summed E-state index contributed by atoms with van der Waals surface area (Å²) in [6.45, 7) is 11.7. The van der Waals surface area contributed by atoms with E-state index < -0.39 is 0 Å². The van der Waals surface area contributed by atoms with Gasteiger partial charge in [-0.3, -0.25) is 0 Å². The van der Waals surface area contributed by atoms with Gasteiger partial charge >= 0.3 is 0 Å². The Labute approximate surface area is 127 Å². The van der Waals surface area contributed by atoms with Crippen LogP contribution in [0, 0.1) is 5.41 Å². The van der Waals surface area contributed by atoms with E-state index in [9.17, 15) is 0 Å². The molecule has 1 heterocycles. The molecule has 0 saturated heterocycles. The number of nitrogens with one attached hydrogen (secondary N) is 1. The fraction of sp³-hybridized carbons (Fsp3) is 0.529. The lowest BCUT2D eigenvalue weighted by molar-refractivity contribution is 0.230. The fourth-order valence-corrected chi connectivity index (χ4v) is 2.73. The molecule has 1 aromatic heterocycles. The number of aromatic nitrogens is 2. The zero-order valence-electron chi connectivity index (χ0n) is 13.6. The minimum atomic E-state index is 0.0274. The molecule has 0 aliphatic carbocycles. The Morgan fingerprint density at radius 1 is 1.05 bits per heavy atom. The predicted octanol–water partition coefficient (Wildman–Crippen LogP) is 4.04. The molecule has 4 heteroatoms. The van der Waals surface area contributed by atoms with Crippen LogP contribution >= 0.6 is 0 Å². The number of rotatable bonds is 5. The molecule has 21 heavy (non-hydrogen) atoms. The summed E-state index contributed by atoms with van der Waals surface area (Å²) in [5.74, 6) is 1.26. The maximum Gasteiger partial charge on any atom is 0.240 e. The van der Waals surface area contributed by atoms with Gasteiger partial charge < -0.3 is 9.84 Å². The first-order valence-electron chi connectivity index (χ1n) is 7.38. The van der Waals surface area contributed by atoms with Gasteiger partial charge in [0.1, 0.15) is 0 Å². The molecule has 0 unspecified atom stereocenters. The Balaban J connectivity index is 1.97. The zero-order chi connectivity index (χ0) is 15.5. The van der Waals surface area contributed by atoms with Crippen LogP contribution in [0.4, 0.5) is 0 Å². The summed E-state index contributed by atoms with van der Waals surface area (Å²) in [7, 11) is 0. The van der Waals surface area contributed by atoms with Crippen molar-refractivity contribution in [2.45, 2.75) is 53.1 Å². The quantitative estimate of drug-likeness (QED) is 0.901. The van der Waals surface area contributed by atoms with E-state index in [-0.39, 0.29) is 11.0 Å². The molecule has 114 valence electrons. The molecule has 1 aromatic carbocycles. The van der Waals surface area contributed by atoms with Crippen LogP contribution in [0.2, 0.25) is 0 Å². The SMILES string of the molecule is CC(C)(C)CC(C)(C)NCc1nc(-c2ccccc2)no1. The summed E-state index contributed by atoms with van der Waals surface area (Å²) in [6.07, 6.45) is 1.07. The largest absolute Gasteiger partial charge is 0.338 e. The molecular weight excluding hydrogens is 262 g/mol. The van der Waals surface area contributed by atoms with Gasteiger partial charge in [-0.25, -0.2) is 0 Å². The Hall–Kier alpha value is -1.68. The van der Waals surface area contributed by atoms with Crippen molar-refractivity contribution in [3.8, 4) is 11.4 Å². The Kier molecular flexibility index (Phi) is 4.47. The van der Waals surface area contributed by atoms with Crippen LogP contribution in [-0.2, 0) is 6.54 Å². The molecule has 0 spiro atoms. The minimum absolute atomic E-state index is 0.0274. The molecule has 0 amide bonds. The van der Waals surface area contributed by atoms with Crippen molar-refractivity contribution >= 4 is 0 Å². The first kappa shape index (κ1) is 15.7. The number of hydrogen-bond acceptors (Lipinski definition) is 4. The second-order valence-electron chi connectivity index (χ2n) is 7.35. The van der Waals surface area contributed by atoms with Crippen molar-refractivity contribution in [2.24, 2.45) is 5.41 Å². The highest BCUT2D eigenvalue weighted by Gasteiger charge is 2.25. The van der Waals surface area contributed by atoms with E-state index in [1.807, 2.05) is 30.3 Å². The first-order chi connectivity index (χ1) is 9.75. The summed E-state index contributed by atoms with van der Waals surface area (Å²) < 4.78 is 5.32. The lowest BCUT2D eigenvalue weighted by Gasteiger charge is -2.33. The second kappa shape index (κ2) is 5.98. The van der Waals surface area contributed by atoms with E-state index in [2.05, 4.69) is 50.1 Å². The molecule has 2 rings (SSSR count). The van der Waals surface area contributed by atoms with Gasteiger partial charge in [-0.05, 0) is 25.7 Å². The highest BCUT2D eigenvalue weighted by molar-refractivity contribution is 5.53. The third-order valence-electron chi connectivity index (χ3n) is 3.19. The monoisotopic (exact) mass is 287 g/mol. The van der Waals surface area contributed by atoms with Gasteiger partial charge in [-0.15, -0.1) is 0 Å². The summed E-state index contributed by atoms with van der Waals surface area (Å²) >= 11 is 0. The summed E-state index contributed by atoms with van der Waals surface area (Å²) in [4.78, 5) is 4.44. The molecule has 0 bridgehead atoms. The van der Waals surface area contributed by atoms with Crippen molar-refractivity contribution < 1.29 is 4.52 Å². The highest BCUT2D eigenvalue weighted by atomic mass is 16.5. The van der Waals surface area contributed by atoms with Crippen molar-refractivity contribution in [3.05, 3.63) is 36.2 Å². The Morgan fingerprint density at radius 2 is 1.71 bits per heavy atom. The van der Waals surface area contributed by atoms with E-state index in [1.54, 1.807) is 0 Å². The standard InChI is InChI=1S/C17H25N3O/c1-16(2,3)12-17(4,5)18-11-14-19-15(20-21-14)13-9-7-6-8-10-13/h6-10,18H,11-12H2,1-5H3. The average molecular weight is 287 g/mol. The maximum atomic E-state index is 5.32. The normalized spacial score (nSPS) is 12.6. The van der Waals surface area contributed by atoms with Gasteiger partial charge in [0.2, 0.25) is 11.7 Å². The van der Waals surface area contributed by atoms with Crippen LogP contribution in [-0.4, -0.2) is 15.7 Å². The highest BCUT2D eigenvalue weighted by Crippen LogP contribution is 2.27. The third-order valence-corrected chi connectivity index (χ3v) is 3.19. The van der Waals surface area contributed by atoms with Crippen LogP contribution in [0.25, 0.3) is 11.4 Å². The van der Waals surface area contributed by atoms with Gasteiger partial charge in [0.15, 0.2) is 0 Å². The molecule has 0 aliphatic rings. The number of nitrogens with zero attached hydrogens (tertiary/aromatic N) is 2. The molecule has 0 fully saturated rings. The lowest BCUT2D eigenvalue weighted by Crippen LogP contribution is -2.41. The molecule has 4 nitrogen and oxygen atoms in total. The molecule has 1 N–H and O–H groups in total. The molecule has 0 radical (unpaired) electrons. The minimum Gasteiger partial charge on any atom is -0.338 e. The van der Waals surface area contributed by atoms with Gasteiger partial charge in [-0.2, -0.15) is 4.98 Å². The fourth-order valence-electron chi connectivity index (χ4n) is 2.73.